The van der Waals surface area contributed by atoms with Gasteiger partial charge < -0.3 is 14.2 Å². The Bertz CT molecular complexity index is 567. The molecule has 0 bridgehead atoms. The van der Waals surface area contributed by atoms with Gasteiger partial charge in [-0.3, -0.25) is 4.18 Å². The summed E-state index contributed by atoms with van der Waals surface area (Å²) in [4.78, 5) is 0.140. The summed E-state index contributed by atoms with van der Waals surface area (Å²) < 4.78 is 45.2. The Morgan fingerprint density at radius 2 is 1.95 bits per heavy atom. The maximum Gasteiger partial charge on any atom is 0.297 e. The molecule has 2 saturated heterocycles. The van der Waals surface area contributed by atoms with Crippen molar-refractivity contribution < 1.29 is 26.8 Å². The smallest absolute Gasteiger partial charge is 0.297 e. The summed E-state index contributed by atoms with van der Waals surface area (Å²) in [6, 6.07) is 6.51. The van der Waals surface area contributed by atoms with Gasteiger partial charge in [0, 0.05) is 0 Å². The highest BCUT2D eigenvalue weighted by molar-refractivity contribution is 7.86. The zero-order valence-corrected chi connectivity index (χ0v) is 11.8. The molecule has 0 N–H and O–H groups in total. The first-order valence-electron chi connectivity index (χ1n) is 6.37. The molecular formula is C13H16O6S. The number of hydrogen-bond donors (Lipinski definition) is 0. The molecule has 2 aliphatic rings. The summed E-state index contributed by atoms with van der Waals surface area (Å²) in [6.07, 6.45) is -0.781. The average molecular weight is 300 g/mol. The molecule has 20 heavy (non-hydrogen) atoms. The minimum absolute atomic E-state index is 0.0687. The summed E-state index contributed by atoms with van der Waals surface area (Å²) in [5, 5.41) is 0. The summed E-state index contributed by atoms with van der Waals surface area (Å²) in [5.41, 5.74) is 0.988. The molecule has 0 amide bonds. The second-order valence-electron chi connectivity index (χ2n) is 4.88. The van der Waals surface area contributed by atoms with E-state index in [4.69, 9.17) is 18.4 Å². The van der Waals surface area contributed by atoms with Crippen LogP contribution in [0.1, 0.15) is 5.56 Å². The maximum atomic E-state index is 12.0. The fraction of sp³-hybridized carbons (Fsp3) is 0.538. The van der Waals surface area contributed by atoms with Gasteiger partial charge in [-0.05, 0) is 19.1 Å². The number of fused-ring (bicyclic) bond motifs is 1. The predicted molar refractivity (Wildman–Crippen MR) is 68.7 cm³/mol. The lowest BCUT2D eigenvalue weighted by molar-refractivity contribution is -0.0528. The lowest BCUT2D eigenvalue weighted by Crippen LogP contribution is -2.32. The van der Waals surface area contributed by atoms with Crippen molar-refractivity contribution in [2.45, 2.75) is 30.1 Å². The van der Waals surface area contributed by atoms with Crippen LogP contribution in [-0.2, 0) is 28.5 Å². The van der Waals surface area contributed by atoms with Gasteiger partial charge in [0.25, 0.3) is 10.1 Å². The summed E-state index contributed by atoms with van der Waals surface area (Å²) in [7, 11) is -3.77. The maximum absolute atomic E-state index is 12.0. The molecule has 0 saturated carbocycles. The SMILES string of the molecule is Cc1ccc(S(=O)(=O)OC[C@H]2OC[C@@H]3OCO[C@@H]32)cc1. The van der Waals surface area contributed by atoms with E-state index in [0.29, 0.717) is 6.61 Å². The molecule has 3 atom stereocenters. The van der Waals surface area contributed by atoms with E-state index in [1.54, 1.807) is 12.1 Å². The number of hydrogen-bond acceptors (Lipinski definition) is 6. The topological polar surface area (TPSA) is 71.1 Å². The van der Waals surface area contributed by atoms with Gasteiger partial charge >= 0.3 is 0 Å². The van der Waals surface area contributed by atoms with Crippen molar-refractivity contribution in [3.05, 3.63) is 29.8 Å². The first-order chi connectivity index (χ1) is 9.56. The number of aryl methyl sites for hydroxylation is 1. The summed E-state index contributed by atoms with van der Waals surface area (Å²) in [5.74, 6) is 0. The van der Waals surface area contributed by atoms with Gasteiger partial charge in [0.05, 0.1) is 18.1 Å². The monoisotopic (exact) mass is 300 g/mol. The zero-order chi connectivity index (χ0) is 14.2. The van der Waals surface area contributed by atoms with Crippen LogP contribution < -0.4 is 0 Å². The molecule has 110 valence electrons. The number of rotatable bonds is 4. The lowest BCUT2D eigenvalue weighted by Gasteiger charge is -2.15. The Morgan fingerprint density at radius 3 is 2.70 bits per heavy atom. The van der Waals surface area contributed by atoms with Crippen LogP contribution in [0.2, 0.25) is 0 Å². The lowest BCUT2D eigenvalue weighted by atomic mass is 10.2. The molecule has 2 aliphatic heterocycles. The standard InChI is InChI=1S/C13H16O6S/c1-9-2-4-10(5-3-9)20(14,15)19-7-12-13-11(6-16-12)17-8-18-13/h2-5,11-13H,6-8H2,1H3/t11-,12+,13-/m0/s1. The van der Waals surface area contributed by atoms with E-state index in [-0.39, 0.29) is 30.5 Å². The Kier molecular flexibility index (Phi) is 3.78. The quantitative estimate of drug-likeness (QED) is 0.767. The third kappa shape index (κ3) is 2.72. The van der Waals surface area contributed by atoms with Crippen LogP contribution >= 0.6 is 0 Å². The summed E-state index contributed by atoms with van der Waals surface area (Å²) >= 11 is 0. The first kappa shape index (κ1) is 14.0. The number of ether oxygens (including phenoxy) is 3. The van der Waals surface area contributed by atoms with Crippen LogP contribution in [0.4, 0.5) is 0 Å². The minimum Gasteiger partial charge on any atom is -0.370 e. The van der Waals surface area contributed by atoms with E-state index >= 15 is 0 Å². The molecule has 2 fully saturated rings. The molecule has 0 aromatic heterocycles. The van der Waals surface area contributed by atoms with Gasteiger partial charge in [0.2, 0.25) is 0 Å². The van der Waals surface area contributed by atoms with Crippen molar-refractivity contribution in [2.75, 3.05) is 20.0 Å². The summed E-state index contributed by atoms with van der Waals surface area (Å²) in [6.45, 7) is 2.45. The molecule has 0 spiro atoms. The van der Waals surface area contributed by atoms with Crippen molar-refractivity contribution >= 4 is 10.1 Å². The van der Waals surface area contributed by atoms with Crippen LogP contribution in [0, 0.1) is 6.92 Å². The van der Waals surface area contributed by atoms with E-state index in [2.05, 4.69) is 0 Å². The van der Waals surface area contributed by atoms with Crippen molar-refractivity contribution in [3.8, 4) is 0 Å². The molecule has 1 aromatic rings. The van der Waals surface area contributed by atoms with Gasteiger partial charge in [-0.1, -0.05) is 17.7 Å². The Labute approximate surface area is 117 Å². The van der Waals surface area contributed by atoms with E-state index in [0.717, 1.165) is 5.56 Å². The highest BCUT2D eigenvalue weighted by atomic mass is 32.2. The molecule has 6 nitrogen and oxygen atoms in total. The molecule has 0 unspecified atom stereocenters. The van der Waals surface area contributed by atoms with Crippen LogP contribution in [0.5, 0.6) is 0 Å². The van der Waals surface area contributed by atoms with Gasteiger partial charge in [0.1, 0.15) is 25.1 Å². The normalized spacial score (nSPS) is 29.6. The Hall–Kier alpha value is -0.990. The van der Waals surface area contributed by atoms with Crippen molar-refractivity contribution in [2.24, 2.45) is 0 Å². The van der Waals surface area contributed by atoms with Gasteiger partial charge in [-0.25, -0.2) is 0 Å². The fourth-order valence-corrected chi connectivity index (χ4v) is 3.20. The largest absolute Gasteiger partial charge is 0.370 e. The van der Waals surface area contributed by atoms with Crippen molar-refractivity contribution in [1.29, 1.82) is 0 Å². The van der Waals surface area contributed by atoms with Crippen LogP contribution in [0.3, 0.4) is 0 Å². The third-order valence-electron chi connectivity index (χ3n) is 3.45. The fourth-order valence-electron chi connectivity index (χ4n) is 2.28. The zero-order valence-electron chi connectivity index (χ0n) is 11.0. The minimum atomic E-state index is -3.77. The first-order valence-corrected chi connectivity index (χ1v) is 7.78. The van der Waals surface area contributed by atoms with Crippen LogP contribution in [0.15, 0.2) is 29.2 Å². The van der Waals surface area contributed by atoms with E-state index in [9.17, 15) is 8.42 Å². The van der Waals surface area contributed by atoms with Gasteiger partial charge in [0.15, 0.2) is 0 Å². The van der Waals surface area contributed by atoms with Crippen molar-refractivity contribution in [1.82, 2.24) is 0 Å². The van der Waals surface area contributed by atoms with E-state index in [1.165, 1.54) is 12.1 Å². The van der Waals surface area contributed by atoms with Gasteiger partial charge in [-0.15, -0.1) is 0 Å². The van der Waals surface area contributed by atoms with Crippen LogP contribution in [0.25, 0.3) is 0 Å². The average Bonchev–Trinajstić information content (AvgIpc) is 3.00. The Balaban J connectivity index is 1.64. The molecule has 3 rings (SSSR count). The third-order valence-corrected chi connectivity index (χ3v) is 4.74. The second-order valence-corrected chi connectivity index (χ2v) is 6.49. The molecule has 7 heteroatoms. The Morgan fingerprint density at radius 1 is 1.20 bits per heavy atom. The highest BCUT2D eigenvalue weighted by Gasteiger charge is 2.43. The van der Waals surface area contributed by atoms with E-state index < -0.39 is 16.2 Å². The molecule has 0 radical (unpaired) electrons. The second kappa shape index (κ2) is 5.42. The van der Waals surface area contributed by atoms with Crippen molar-refractivity contribution in [3.63, 3.8) is 0 Å². The van der Waals surface area contributed by atoms with E-state index in [1.807, 2.05) is 6.92 Å². The highest BCUT2D eigenvalue weighted by Crippen LogP contribution is 2.26. The molecule has 2 heterocycles. The van der Waals surface area contributed by atoms with Gasteiger partial charge in [-0.2, -0.15) is 8.42 Å². The van der Waals surface area contributed by atoms with Crippen LogP contribution in [-0.4, -0.2) is 46.7 Å². The number of benzene rings is 1. The molecular weight excluding hydrogens is 284 g/mol. The predicted octanol–water partition coefficient (Wildman–Crippen LogP) is 0.841. The molecule has 0 aliphatic carbocycles. The molecule has 1 aromatic carbocycles.